The van der Waals surface area contributed by atoms with Crippen LogP contribution >= 0.6 is 0 Å². The number of carbonyl (C=O) groups excluding carboxylic acids is 2. The van der Waals surface area contributed by atoms with Crippen molar-refractivity contribution in [1.82, 2.24) is 4.90 Å². The van der Waals surface area contributed by atoms with Gasteiger partial charge in [0, 0.05) is 24.2 Å². The number of carbonyl (C=O) groups is 2. The van der Waals surface area contributed by atoms with E-state index in [9.17, 15) is 29.8 Å². The van der Waals surface area contributed by atoms with E-state index < -0.39 is 45.2 Å². The van der Waals surface area contributed by atoms with Crippen molar-refractivity contribution in [3.05, 3.63) is 79.9 Å². The smallest absolute Gasteiger partial charge is 0.339 e. The molecule has 158 valence electrons. The lowest BCUT2D eigenvalue weighted by Crippen LogP contribution is -2.46. The lowest BCUT2D eigenvalue weighted by atomic mass is 10.0. The molecule has 0 aliphatic carbocycles. The van der Waals surface area contributed by atoms with Crippen LogP contribution in [0.5, 0.6) is 0 Å². The van der Waals surface area contributed by atoms with E-state index in [-0.39, 0.29) is 5.56 Å². The van der Waals surface area contributed by atoms with Gasteiger partial charge in [-0.25, -0.2) is 4.79 Å². The van der Waals surface area contributed by atoms with Crippen molar-refractivity contribution in [3.63, 3.8) is 0 Å². The SMILES string of the molecule is CC(C)(C)N(Cc1ccccc1)C(=O)COC(=O)c1cc([N+](=O)[O-])cc([N+](=O)[O-])c1. The fourth-order valence-corrected chi connectivity index (χ4v) is 2.68. The highest BCUT2D eigenvalue weighted by molar-refractivity contribution is 5.92. The zero-order chi connectivity index (χ0) is 22.5. The third-order valence-electron chi connectivity index (χ3n) is 4.18. The first kappa shape index (κ1) is 22.5. The Kier molecular flexibility index (Phi) is 6.83. The highest BCUT2D eigenvalue weighted by atomic mass is 16.6. The van der Waals surface area contributed by atoms with E-state index in [1.807, 2.05) is 51.1 Å². The number of nitro groups is 2. The first-order chi connectivity index (χ1) is 14.0. The molecule has 2 aromatic carbocycles. The zero-order valence-corrected chi connectivity index (χ0v) is 16.7. The molecule has 0 atom stereocenters. The van der Waals surface area contributed by atoms with Gasteiger partial charge < -0.3 is 9.64 Å². The van der Waals surface area contributed by atoms with E-state index in [2.05, 4.69) is 0 Å². The fraction of sp³-hybridized carbons (Fsp3) is 0.300. The van der Waals surface area contributed by atoms with Crippen molar-refractivity contribution in [2.45, 2.75) is 32.9 Å². The number of nitrogens with zero attached hydrogens (tertiary/aromatic N) is 3. The lowest BCUT2D eigenvalue weighted by Gasteiger charge is -2.35. The summed E-state index contributed by atoms with van der Waals surface area (Å²) in [7, 11) is 0. The normalized spacial score (nSPS) is 10.9. The minimum absolute atomic E-state index is 0.295. The van der Waals surface area contributed by atoms with E-state index >= 15 is 0 Å². The molecule has 2 aromatic rings. The number of benzene rings is 2. The second-order valence-electron chi connectivity index (χ2n) is 7.46. The van der Waals surface area contributed by atoms with Crippen LogP contribution in [0, 0.1) is 20.2 Å². The van der Waals surface area contributed by atoms with Gasteiger partial charge in [-0.05, 0) is 26.3 Å². The molecule has 10 heteroatoms. The quantitative estimate of drug-likeness (QED) is 0.384. The molecule has 0 aliphatic heterocycles. The lowest BCUT2D eigenvalue weighted by molar-refractivity contribution is -0.394. The first-order valence-electron chi connectivity index (χ1n) is 8.94. The minimum Gasteiger partial charge on any atom is -0.452 e. The summed E-state index contributed by atoms with van der Waals surface area (Å²) in [5.41, 5.74) is -1.30. The molecule has 0 saturated heterocycles. The van der Waals surface area contributed by atoms with E-state index in [4.69, 9.17) is 4.74 Å². The summed E-state index contributed by atoms with van der Waals surface area (Å²) in [5.74, 6) is -1.54. The zero-order valence-electron chi connectivity index (χ0n) is 16.7. The van der Waals surface area contributed by atoms with Crippen molar-refractivity contribution in [1.29, 1.82) is 0 Å². The molecule has 1 amide bonds. The van der Waals surface area contributed by atoms with Crippen molar-refractivity contribution >= 4 is 23.3 Å². The molecule has 0 saturated carbocycles. The third-order valence-corrected chi connectivity index (χ3v) is 4.18. The van der Waals surface area contributed by atoms with Gasteiger partial charge in [0.05, 0.1) is 21.5 Å². The predicted octanol–water partition coefficient (Wildman–Crippen LogP) is 3.49. The Morgan fingerprint density at radius 2 is 1.50 bits per heavy atom. The van der Waals surface area contributed by atoms with Crippen molar-refractivity contribution in [3.8, 4) is 0 Å². The van der Waals surface area contributed by atoms with Crippen LogP contribution in [0.4, 0.5) is 11.4 Å². The molecular formula is C20H21N3O7. The summed E-state index contributed by atoms with van der Waals surface area (Å²) >= 11 is 0. The van der Waals surface area contributed by atoms with Gasteiger partial charge in [0.1, 0.15) is 0 Å². The second-order valence-corrected chi connectivity index (χ2v) is 7.46. The van der Waals surface area contributed by atoms with Crippen LogP contribution in [-0.2, 0) is 16.1 Å². The standard InChI is InChI=1S/C20H21N3O7/c1-20(2,3)21(12-14-7-5-4-6-8-14)18(24)13-30-19(25)15-9-16(22(26)27)11-17(10-15)23(28)29/h4-11H,12-13H2,1-3H3. The maximum absolute atomic E-state index is 12.7. The second kappa shape index (κ2) is 9.12. The monoisotopic (exact) mass is 415 g/mol. The molecule has 0 unspecified atom stereocenters. The van der Waals surface area contributed by atoms with Crippen LogP contribution < -0.4 is 0 Å². The van der Waals surface area contributed by atoms with Crippen molar-refractivity contribution in [2.24, 2.45) is 0 Å². The summed E-state index contributed by atoms with van der Waals surface area (Å²) in [4.78, 5) is 46.8. The minimum atomic E-state index is -1.07. The Hall–Kier alpha value is -3.82. The van der Waals surface area contributed by atoms with Gasteiger partial charge in [-0.15, -0.1) is 0 Å². The molecule has 0 bridgehead atoms. The largest absolute Gasteiger partial charge is 0.452 e. The average Bonchev–Trinajstić information content (AvgIpc) is 2.69. The van der Waals surface area contributed by atoms with E-state index in [0.717, 1.165) is 23.8 Å². The van der Waals surface area contributed by atoms with Gasteiger partial charge in [0.15, 0.2) is 6.61 Å². The topological polar surface area (TPSA) is 133 Å². The third kappa shape index (κ3) is 5.84. The Labute approximate surface area is 172 Å². The van der Waals surface area contributed by atoms with Gasteiger partial charge >= 0.3 is 5.97 Å². The van der Waals surface area contributed by atoms with Crippen LogP contribution in [0.2, 0.25) is 0 Å². The van der Waals surface area contributed by atoms with Gasteiger partial charge in [-0.3, -0.25) is 25.0 Å². The van der Waals surface area contributed by atoms with Crippen LogP contribution in [0.15, 0.2) is 48.5 Å². The molecular weight excluding hydrogens is 394 g/mol. The van der Waals surface area contributed by atoms with Crippen molar-refractivity contribution in [2.75, 3.05) is 6.61 Å². The number of hydrogen-bond donors (Lipinski definition) is 0. The maximum Gasteiger partial charge on any atom is 0.339 e. The van der Waals surface area contributed by atoms with Crippen LogP contribution in [0.25, 0.3) is 0 Å². The van der Waals surface area contributed by atoms with Crippen molar-refractivity contribution < 1.29 is 24.2 Å². The van der Waals surface area contributed by atoms with E-state index in [1.54, 1.807) is 0 Å². The number of nitro benzene ring substituents is 2. The van der Waals surface area contributed by atoms with Gasteiger partial charge in [0.25, 0.3) is 17.3 Å². The molecule has 0 N–H and O–H groups in total. The predicted molar refractivity (Wildman–Crippen MR) is 107 cm³/mol. The van der Waals surface area contributed by atoms with Crippen LogP contribution in [0.3, 0.4) is 0 Å². The number of amides is 1. The molecule has 0 heterocycles. The molecule has 10 nitrogen and oxygen atoms in total. The molecule has 2 rings (SSSR count). The molecule has 0 radical (unpaired) electrons. The molecule has 0 aliphatic rings. The number of ether oxygens (including phenoxy) is 1. The highest BCUT2D eigenvalue weighted by Crippen LogP contribution is 2.23. The fourth-order valence-electron chi connectivity index (χ4n) is 2.68. The summed E-state index contributed by atoms with van der Waals surface area (Å²) in [5, 5.41) is 21.9. The average molecular weight is 415 g/mol. The summed E-state index contributed by atoms with van der Waals surface area (Å²) in [6.07, 6.45) is 0. The van der Waals surface area contributed by atoms with Crippen LogP contribution in [0.1, 0.15) is 36.7 Å². The molecule has 0 fully saturated rings. The Morgan fingerprint density at radius 3 is 1.97 bits per heavy atom. The van der Waals surface area contributed by atoms with Gasteiger partial charge in [-0.2, -0.15) is 0 Å². The van der Waals surface area contributed by atoms with E-state index in [1.165, 1.54) is 4.90 Å². The molecule has 0 aromatic heterocycles. The number of rotatable bonds is 7. The Bertz CT molecular complexity index is 936. The Balaban J connectivity index is 2.16. The summed E-state index contributed by atoms with van der Waals surface area (Å²) in [6, 6.07) is 11.7. The molecule has 30 heavy (non-hydrogen) atoms. The number of esters is 1. The van der Waals surface area contributed by atoms with Crippen LogP contribution in [-0.4, -0.2) is 38.8 Å². The number of non-ortho nitro benzene ring substituents is 2. The van der Waals surface area contributed by atoms with Gasteiger partial charge in [-0.1, -0.05) is 30.3 Å². The first-order valence-corrected chi connectivity index (χ1v) is 8.94. The Morgan fingerprint density at radius 1 is 0.967 bits per heavy atom. The molecule has 0 spiro atoms. The summed E-state index contributed by atoms with van der Waals surface area (Å²) < 4.78 is 5.00. The maximum atomic E-state index is 12.7. The highest BCUT2D eigenvalue weighted by Gasteiger charge is 2.28. The summed E-state index contributed by atoms with van der Waals surface area (Å²) in [6.45, 7) is 5.18. The van der Waals surface area contributed by atoms with Gasteiger partial charge in [0.2, 0.25) is 0 Å². The van der Waals surface area contributed by atoms with E-state index in [0.29, 0.717) is 6.54 Å². The number of hydrogen-bond acceptors (Lipinski definition) is 7.